The van der Waals surface area contributed by atoms with Crippen LogP contribution in [0, 0.1) is 5.92 Å². The number of nitrogens with one attached hydrogen (secondary N) is 1. The van der Waals surface area contributed by atoms with Crippen molar-refractivity contribution in [2.75, 3.05) is 26.7 Å². The Hall–Kier alpha value is -0.120. The van der Waals surface area contributed by atoms with Gasteiger partial charge in [-0.1, -0.05) is 0 Å². The summed E-state index contributed by atoms with van der Waals surface area (Å²) in [5.41, 5.74) is 5.22. The quantitative estimate of drug-likeness (QED) is 0.704. The first kappa shape index (κ1) is 12.3. The summed E-state index contributed by atoms with van der Waals surface area (Å²) in [4.78, 5) is 2.45. The van der Waals surface area contributed by atoms with E-state index in [4.69, 9.17) is 5.73 Å². The maximum atomic E-state index is 5.22. The number of rotatable bonds is 1. The highest BCUT2D eigenvalue weighted by atomic mass is 15.1. The molecule has 2 heterocycles. The molecule has 0 radical (unpaired) electrons. The van der Waals surface area contributed by atoms with Crippen LogP contribution in [0.4, 0.5) is 0 Å². The van der Waals surface area contributed by atoms with Crippen molar-refractivity contribution >= 4 is 0 Å². The smallest absolute Gasteiger partial charge is 0.00967 e. The average molecular weight is 225 g/mol. The van der Waals surface area contributed by atoms with E-state index in [2.05, 4.69) is 17.3 Å². The van der Waals surface area contributed by atoms with E-state index in [1.165, 1.54) is 58.2 Å². The van der Waals surface area contributed by atoms with Crippen molar-refractivity contribution in [3.63, 3.8) is 0 Å². The molecule has 1 aliphatic carbocycles. The second-order valence-corrected chi connectivity index (χ2v) is 5.68. The molecule has 3 nitrogen and oxygen atoms in total. The fourth-order valence-corrected chi connectivity index (χ4v) is 2.64. The summed E-state index contributed by atoms with van der Waals surface area (Å²) in [7, 11) is 2.23. The van der Waals surface area contributed by atoms with Gasteiger partial charge in [-0.2, -0.15) is 0 Å². The molecule has 2 saturated heterocycles. The lowest BCUT2D eigenvalue weighted by atomic mass is 9.89. The lowest BCUT2D eigenvalue weighted by molar-refractivity contribution is 0.191. The Labute approximate surface area is 99.8 Å². The Morgan fingerprint density at radius 1 is 1.06 bits per heavy atom. The van der Waals surface area contributed by atoms with Crippen molar-refractivity contribution in [3.8, 4) is 0 Å². The van der Waals surface area contributed by atoms with Crippen LogP contribution in [-0.4, -0.2) is 43.7 Å². The number of hydrogen-bond acceptors (Lipinski definition) is 3. The molecule has 3 N–H and O–H groups in total. The predicted molar refractivity (Wildman–Crippen MR) is 68.5 cm³/mol. The Morgan fingerprint density at radius 3 is 2.12 bits per heavy atom. The van der Waals surface area contributed by atoms with Crippen molar-refractivity contribution in [1.29, 1.82) is 0 Å². The molecule has 3 aliphatic rings. The highest BCUT2D eigenvalue weighted by molar-refractivity contribution is 4.84. The lowest BCUT2D eigenvalue weighted by Gasteiger charge is -2.32. The average Bonchev–Trinajstić information content (AvgIpc) is 2.89. The highest BCUT2D eigenvalue weighted by Crippen LogP contribution is 2.24. The van der Waals surface area contributed by atoms with Crippen molar-refractivity contribution in [2.45, 2.75) is 50.6 Å². The molecule has 0 bridgehead atoms. The van der Waals surface area contributed by atoms with E-state index in [0.29, 0.717) is 6.04 Å². The number of piperidine rings is 1. The predicted octanol–water partition coefficient (Wildman–Crippen LogP) is 1.19. The highest BCUT2D eigenvalue weighted by Gasteiger charge is 2.26. The van der Waals surface area contributed by atoms with Gasteiger partial charge < -0.3 is 16.0 Å². The molecule has 3 heteroatoms. The molecule has 2 aliphatic heterocycles. The van der Waals surface area contributed by atoms with E-state index in [9.17, 15) is 0 Å². The number of likely N-dealkylation sites (tertiary alicyclic amines) is 1. The molecule has 1 unspecified atom stereocenters. The summed E-state index contributed by atoms with van der Waals surface area (Å²) in [6.07, 6.45) is 8.17. The van der Waals surface area contributed by atoms with Crippen LogP contribution < -0.4 is 11.1 Å². The monoisotopic (exact) mass is 225 g/mol. The molecule has 94 valence electrons. The zero-order chi connectivity index (χ0) is 11.4. The molecule has 3 fully saturated rings. The van der Waals surface area contributed by atoms with Gasteiger partial charge in [-0.05, 0) is 71.1 Å². The summed E-state index contributed by atoms with van der Waals surface area (Å²) in [5.74, 6) is 0.976. The Kier molecular flexibility index (Phi) is 4.62. The van der Waals surface area contributed by atoms with Gasteiger partial charge in [-0.25, -0.2) is 0 Å². The first-order valence-electron chi connectivity index (χ1n) is 6.93. The summed E-state index contributed by atoms with van der Waals surface area (Å²) in [5, 5.41) is 3.62. The molecule has 1 atom stereocenters. The van der Waals surface area contributed by atoms with E-state index in [-0.39, 0.29) is 0 Å². The van der Waals surface area contributed by atoms with Crippen LogP contribution in [0.2, 0.25) is 0 Å². The number of nitrogens with zero attached hydrogens (tertiary/aromatic N) is 1. The standard InChI is InChI=1S/C10H20N2.C3H7N/c1-12-7-4-9(5-8-12)10-3-2-6-11-10;4-3-1-2-3/h9-11H,2-8H2,1H3;3H,1-2,4H2. The normalized spacial score (nSPS) is 32.2. The Bertz CT molecular complexity index is 189. The lowest BCUT2D eigenvalue weighted by Crippen LogP contribution is -2.39. The third-order valence-electron chi connectivity index (χ3n) is 4.05. The molecule has 16 heavy (non-hydrogen) atoms. The van der Waals surface area contributed by atoms with Crippen LogP contribution in [0.1, 0.15) is 38.5 Å². The van der Waals surface area contributed by atoms with Gasteiger partial charge in [0.2, 0.25) is 0 Å². The van der Waals surface area contributed by atoms with Crippen molar-refractivity contribution in [1.82, 2.24) is 10.2 Å². The molecule has 0 aromatic rings. The van der Waals surface area contributed by atoms with Gasteiger partial charge in [0, 0.05) is 12.1 Å². The van der Waals surface area contributed by atoms with Gasteiger partial charge >= 0.3 is 0 Å². The SMILES string of the molecule is CN1CCC(C2CCCN2)CC1.NC1CC1. The second kappa shape index (κ2) is 5.99. The van der Waals surface area contributed by atoms with Gasteiger partial charge in [0.05, 0.1) is 0 Å². The number of nitrogens with two attached hydrogens (primary N) is 1. The molecular weight excluding hydrogens is 198 g/mol. The fourth-order valence-electron chi connectivity index (χ4n) is 2.64. The molecule has 1 saturated carbocycles. The van der Waals surface area contributed by atoms with Crippen molar-refractivity contribution in [2.24, 2.45) is 11.7 Å². The van der Waals surface area contributed by atoms with Crippen LogP contribution in [0.25, 0.3) is 0 Å². The maximum Gasteiger partial charge on any atom is 0.00967 e. The minimum Gasteiger partial charge on any atom is -0.328 e. The zero-order valence-electron chi connectivity index (χ0n) is 10.6. The summed E-state index contributed by atoms with van der Waals surface area (Å²) in [6.45, 7) is 3.88. The third kappa shape index (κ3) is 4.04. The van der Waals surface area contributed by atoms with Crippen LogP contribution in [0.5, 0.6) is 0 Å². The number of hydrogen-bond donors (Lipinski definition) is 2. The first-order chi connectivity index (χ1) is 7.75. The van der Waals surface area contributed by atoms with E-state index >= 15 is 0 Å². The molecule has 0 aromatic heterocycles. The molecule has 0 aromatic carbocycles. The third-order valence-corrected chi connectivity index (χ3v) is 4.05. The van der Waals surface area contributed by atoms with Gasteiger partial charge in [-0.3, -0.25) is 0 Å². The van der Waals surface area contributed by atoms with E-state index < -0.39 is 0 Å². The minimum absolute atomic E-state index is 0.583. The van der Waals surface area contributed by atoms with E-state index in [0.717, 1.165) is 12.0 Å². The minimum atomic E-state index is 0.583. The topological polar surface area (TPSA) is 41.3 Å². The summed E-state index contributed by atoms with van der Waals surface area (Å²) >= 11 is 0. The first-order valence-corrected chi connectivity index (χ1v) is 6.93. The molecular formula is C13H27N3. The van der Waals surface area contributed by atoms with Gasteiger partial charge in [-0.15, -0.1) is 0 Å². The van der Waals surface area contributed by atoms with Crippen LogP contribution in [-0.2, 0) is 0 Å². The van der Waals surface area contributed by atoms with E-state index in [1.54, 1.807) is 0 Å². The van der Waals surface area contributed by atoms with Crippen molar-refractivity contribution < 1.29 is 0 Å². The van der Waals surface area contributed by atoms with E-state index in [1.807, 2.05) is 0 Å². The Morgan fingerprint density at radius 2 is 1.69 bits per heavy atom. The largest absolute Gasteiger partial charge is 0.328 e. The summed E-state index contributed by atoms with van der Waals surface area (Å²) < 4.78 is 0. The second-order valence-electron chi connectivity index (χ2n) is 5.68. The zero-order valence-corrected chi connectivity index (χ0v) is 10.6. The van der Waals surface area contributed by atoms with Crippen LogP contribution in [0.15, 0.2) is 0 Å². The van der Waals surface area contributed by atoms with Gasteiger partial charge in [0.15, 0.2) is 0 Å². The fraction of sp³-hybridized carbons (Fsp3) is 1.00. The molecule has 0 amide bonds. The molecule has 0 spiro atoms. The van der Waals surface area contributed by atoms with Gasteiger partial charge in [0.1, 0.15) is 0 Å². The van der Waals surface area contributed by atoms with Gasteiger partial charge in [0.25, 0.3) is 0 Å². The summed E-state index contributed by atoms with van der Waals surface area (Å²) in [6, 6.07) is 1.44. The molecule has 3 rings (SSSR count). The van der Waals surface area contributed by atoms with Crippen molar-refractivity contribution in [3.05, 3.63) is 0 Å². The van der Waals surface area contributed by atoms with Crippen LogP contribution in [0.3, 0.4) is 0 Å². The van der Waals surface area contributed by atoms with Crippen LogP contribution >= 0.6 is 0 Å². The Balaban J connectivity index is 0.000000203. The maximum absolute atomic E-state index is 5.22.